The Morgan fingerprint density at radius 2 is 1.87 bits per heavy atom. The quantitative estimate of drug-likeness (QED) is 0.772. The van der Waals surface area contributed by atoms with Crippen LogP contribution in [0, 0.1) is 0 Å². The van der Waals surface area contributed by atoms with Gasteiger partial charge in [0, 0.05) is 12.6 Å². The van der Waals surface area contributed by atoms with Gasteiger partial charge in [-0.3, -0.25) is 14.2 Å². The molecule has 0 aliphatic rings. The minimum absolute atomic E-state index is 0.190. The van der Waals surface area contributed by atoms with E-state index in [0.717, 1.165) is 10.1 Å². The predicted octanol–water partition coefficient (Wildman–Crippen LogP) is 1.70. The van der Waals surface area contributed by atoms with Gasteiger partial charge in [-0.25, -0.2) is 4.79 Å². The summed E-state index contributed by atoms with van der Waals surface area (Å²) in [7, 11) is 0. The normalized spacial score (nSPS) is 10.7. The molecule has 6 nitrogen and oxygen atoms in total. The van der Waals surface area contributed by atoms with E-state index in [9.17, 15) is 14.4 Å². The molecule has 6 heteroatoms. The molecule has 116 valence electrons. The molecule has 0 radical (unpaired) electrons. The van der Waals surface area contributed by atoms with E-state index in [2.05, 4.69) is 10.3 Å². The highest BCUT2D eigenvalue weighted by atomic mass is 16.2. The Kier molecular flexibility index (Phi) is 3.80. The first-order valence-electron chi connectivity index (χ1n) is 7.13. The zero-order valence-electron chi connectivity index (χ0n) is 12.5. The number of carbonyl (C=O) groups excluding carboxylic acids is 1. The summed E-state index contributed by atoms with van der Waals surface area (Å²) in [6, 6.07) is 14.1. The largest absolute Gasteiger partial charge is 0.329 e. The second kappa shape index (κ2) is 5.92. The molecular weight excluding hydrogens is 294 g/mol. The van der Waals surface area contributed by atoms with Crippen LogP contribution in [0.15, 0.2) is 58.1 Å². The summed E-state index contributed by atoms with van der Waals surface area (Å²) >= 11 is 0. The van der Waals surface area contributed by atoms with Crippen LogP contribution < -0.4 is 16.6 Å². The predicted molar refractivity (Wildman–Crippen MR) is 88.7 cm³/mol. The Balaban J connectivity index is 2.13. The van der Waals surface area contributed by atoms with E-state index in [1.165, 1.54) is 6.92 Å². The topological polar surface area (TPSA) is 84.0 Å². The maximum Gasteiger partial charge on any atom is 0.329 e. The molecule has 0 atom stereocenters. The Bertz CT molecular complexity index is 987. The summed E-state index contributed by atoms with van der Waals surface area (Å²) in [6.07, 6.45) is 0. The molecule has 0 unspecified atom stereocenters. The Morgan fingerprint density at radius 3 is 2.57 bits per heavy atom. The highest BCUT2D eigenvalue weighted by Gasteiger charge is 2.09. The lowest BCUT2D eigenvalue weighted by Crippen LogP contribution is -2.35. The molecule has 0 bridgehead atoms. The summed E-state index contributed by atoms with van der Waals surface area (Å²) < 4.78 is 1.15. The second-order valence-corrected chi connectivity index (χ2v) is 5.25. The number of amides is 1. The van der Waals surface area contributed by atoms with Gasteiger partial charge < -0.3 is 10.3 Å². The molecule has 23 heavy (non-hydrogen) atoms. The van der Waals surface area contributed by atoms with Gasteiger partial charge >= 0.3 is 5.69 Å². The molecule has 0 saturated heterocycles. The molecule has 2 N–H and O–H groups in total. The summed E-state index contributed by atoms with van der Waals surface area (Å²) in [6.45, 7) is 1.58. The summed E-state index contributed by atoms with van der Waals surface area (Å²) in [5.74, 6) is -0.224. The van der Waals surface area contributed by atoms with Crippen molar-refractivity contribution in [1.29, 1.82) is 0 Å². The van der Waals surface area contributed by atoms with Crippen molar-refractivity contribution in [3.05, 3.63) is 74.9 Å². The number of aromatic amines is 1. The van der Waals surface area contributed by atoms with Crippen LogP contribution in [-0.2, 0) is 11.3 Å². The van der Waals surface area contributed by atoms with Gasteiger partial charge in [0.25, 0.3) is 5.56 Å². The second-order valence-electron chi connectivity index (χ2n) is 5.25. The maximum absolute atomic E-state index is 12.6. The number of benzene rings is 2. The molecule has 2 aromatic carbocycles. The van der Waals surface area contributed by atoms with Crippen molar-refractivity contribution in [2.75, 3.05) is 5.32 Å². The lowest BCUT2D eigenvalue weighted by Gasteiger charge is -2.08. The summed E-state index contributed by atoms with van der Waals surface area (Å²) in [5.41, 5.74) is 0.967. The van der Waals surface area contributed by atoms with Crippen LogP contribution >= 0.6 is 0 Å². The maximum atomic E-state index is 12.6. The molecule has 1 heterocycles. The van der Waals surface area contributed by atoms with Crippen LogP contribution in [0.4, 0.5) is 5.69 Å². The smallest absolute Gasteiger partial charge is 0.326 e. The Morgan fingerprint density at radius 1 is 1.13 bits per heavy atom. The number of nitrogens with one attached hydrogen (secondary N) is 2. The third-order valence-corrected chi connectivity index (χ3v) is 3.49. The van der Waals surface area contributed by atoms with Crippen LogP contribution in [0.1, 0.15) is 12.5 Å². The van der Waals surface area contributed by atoms with Crippen LogP contribution in [0.5, 0.6) is 0 Å². The third kappa shape index (κ3) is 3.06. The molecule has 1 amide bonds. The molecule has 0 fully saturated rings. The van der Waals surface area contributed by atoms with E-state index >= 15 is 0 Å². The van der Waals surface area contributed by atoms with Crippen molar-refractivity contribution in [1.82, 2.24) is 9.55 Å². The van der Waals surface area contributed by atoms with Gasteiger partial charge in [-0.15, -0.1) is 0 Å². The van der Waals surface area contributed by atoms with Gasteiger partial charge in [-0.2, -0.15) is 0 Å². The van der Waals surface area contributed by atoms with E-state index in [-0.39, 0.29) is 18.0 Å². The SMILES string of the molecule is CC(=O)Nc1ccc2[nH]c(=O)n(Cc3ccccc3)c(=O)c2c1. The van der Waals surface area contributed by atoms with E-state index in [4.69, 9.17) is 0 Å². The van der Waals surface area contributed by atoms with Gasteiger partial charge in [0.15, 0.2) is 0 Å². The summed E-state index contributed by atoms with van der Waals surface area (Å²) in [5, 5.41) is 2.98. The van der Waals surface area contributed by atoms with Crippen molar-refractivity contribution in [3.8, 4) is 0 Å². The van der Waals surface area contributed by atoms with Crippen LogP contribution in [0.3, 0.4) is 0 Å². The van der Waals surface area contributed by atoms with Gasteiger partial charge in [-0.1, -0.05) is 30.3 Å². The molecule has 0 aliphatic heterocycles. The number of rotatable bonds is 3. The minimum atomic E-state index is -0.460. The number of fused-ring (bicyclic) bond motifs is 1. The van der Waals surface area contributed by atoms with Crippen LogP contribution in [0.2, 0.25) is 0 Å². The fraction of sp³-hybridized carbons (Fsp3) is 0.118. The molecule has 3 aromatic rings. The van der Waals surface area contributed by atoms with E-state index in [0.29, 0.717) is 16.6 Å². The van der Waals surface area contributed by atoms with Crippen molar-refractivity contribution in [3.63, 3.8) is 0 Å². The highest BCUT2D eigenvalue weighted by molar-refractivity contribution is 5.91. The molecule has 0 aliphatic carbocycles. The van der Waals surface area contributed by atoms with Gasteiger partial charge in [0.05, 0.1) is 17.4 Å². The molecule has 1 aromatic heterocycles. The Labute approximate surface area is 131 Å². The molecule has 3 rings (SSSR count). The third-order valence-electron chi connectivity index (χ3n) is 3.49. The van der Waals surface area contributed by atoms with Crippen molar-refractivity contribution in [2.45, 2.75) is 13.5 Å². The van der Waals surface area contributed by atoms with Crippen molar-refractivity contribution >= 4 is 22.5 Å². The number of hydrogen-bond donors (Lipinski definition) is 2. The highest BCUT2D eigenvalue weighted by Crippen LogP contribution is 2.13. The first kappa shape index (κ1) is 14.8. The van der Waals surface area contributed by atoms with Crippen LogP contribution in [0.25, 0.3) is 10.9 Å². The van der Waals surface area contributed by atoms with Gasteiger partial charge in [0.2, 0.25) is 5.91 Å². The van der Waals surface area contributed by atoms with Gasteiger partial charge in [-0.05, 0) is 23.8 Å². The first-order valence-corrected chi connectivity index (χ1v) is 7.13. The minimum Gasteiger partial charge on any atom is -0.326 e. The molecule has 0 saturated carbocycles. The standard InChI is InChI=1S/C17H15N3O3/c1-11(21)18-13-7-8-15-14(9-13)16(22)20(17(23)19-15)10-12-5-3-2-4-6-12/h2-9H,10H2,1H3,(H,18,21)(H,19,23). The monoisotopic (exact) mass is 309 g/mol. The number of carbonyl (C=O) groups is 1. The fourth-order valence-electron chi connectivity index (χ4n) is 2.44. The number of hydrogen-bond acceptors (Lipinski definition) is 3. The molecular formula is C17H15N3O3. The van der Waals surface area contributed by atoms with E-state index in [1.54, 1.807) is 18.2 Å². The average molecular weight is 309 g/mol. The van der Waals surface area contributed by atoms with Crippen molar-refractivity contribution < 1.29 is 4.79 Å². The number of H-pyrrole nitrogens is 1. The zero-order valence-corrected chi connectivity index (χ0v) is 12.5. The average Bonchev–Trinajstić information content (AvgIpc) is 2.53. The molecule has 0 spiro atoms. The van der Waals surface area contributed by atoms with Crippen molar-refractivity contribution in [2.24, 2.45) is 0 Å². The lowest BCUT2D eigenvalue weighted by atomic mass is 10.2. The number of aromatic nitrogens is 2. The van der Waals surface area contributed by atoms with E-state index < -0.39 is 5.69 Å². The van der Waals surface area contributed by atoms with Gasteiger partial charge in [0.1, 0.15) is 0 Å². The number of nitrogens with zero attached hydrogens (tertiary/aromatic N) is 1. The van der Waals surface area contributed by atoms with E-state index in [1.807, 2.05) is 30.3 Å². The lowest BCUT2D eigenvalue weighted by molar-refractivity contribution is -0.114. The van der Waals surface area contributed by atoms with Crippen LogP contribution in [-0.4, -0.2) is 15.5 Å². The summed E-state index contributed by atoms with van der Waals surface area (Å²) in [4.78, 5) is 38.6. The fourth-order valence-corrected chi connectivity index (χ4v) is 2.44. The first-order chi connectivity index (χ1) is 11.0. The zero-order chi connectivity index (χ0) is 16.4. The Hall–Kier alpha value is -3.15. The number of anilines is 1.